The third kappa shape index (κ3) is 7.86. The van der Waals surface area contributed by atoms with Crippen LogP contribution in [-0.4, -0.2) is 23.6 Å². The monoisotopic (exact) mass is 309 g/mol. The molecule has 0 aromatic heterocycles. The molecular formula is C19H35NO2. The molecule has 1 aliphatic rings. The van der Waals surface area contributed by atoms with Gasteiger partial charge < -0.3 is 4.74 Å². The first-order valence-electron chi connectivity index (χ1n) is 9.41. The SMILES string of the molecule is CCCCCCCCCCCC/C=C/N1C(=O)OC[C@H]1CC. The molecule has 1 rings (SSSR count). The summed E-state index contributed by atoms with van der Waals surface area (Å²) in [5.41, 5.74) is 0. The number of ether oxygens (including phenoxy) is 1. The van der Waals surface area contributed by atoms with E-state index >= 15 is 0 Å². The van der Waals surface area contributed by atoms with E-state index in [0.717, 1.165) is 12.8 Å². The summed E-state index contributed by atoms with van der Waals surface area (Å²) in [5.74, 6) is 0. The lowest BCUT2D eigenvalue weighted by Crippen LogP contribution is -2.27. The van der Waals surface area contributed by atoms with E-state index in [0.29, 0.717) is 6.61 Å². The van der Waals surface area contributed by atoms with Crippen LogP contribution in [0.3, 0.4) is 0 Å². The van der Waals surface area contributed by atoms with Crippen molar-refractivity contribution >= 4 is 6.09 Å². The Kier molecular flexibility index (Phi) is 10.9. The van der Waals surface area contributed by atoms with E-state index < -0.39 is 0 Å². The fourth-order valence-electron chi connectivity index (χ4n) is 2.91. The zero-order chi connectivity index (χ0) is 16.0. The van der Waals surface area contributed by atoms with Crippen molar-refractivity contribution in [3.63, 3.8) is 0 Å². The first kappa shape index (κ1) is 19.1. The summed E-state index contributed by atoms with van der Waals surface area (Å²) in [5, 5.41) is 0. The second-order valence-corrected chi connectivity index (χ2v) is 6.40. The third-order valence-corrected chi connectivity index (χ3v) is 4.47. The fourth-order valence-corrected chi connectivity index (χ4v) is 2.91. The van der Waals surface area contributed by atoms with Gasteiger partial charge in [0.2, 0.25) is 0 Å². The van der Waals surface area contributed by atoms with Crippen LogP contribution >= 0.6 is 0 Å². The number of unbranched alkanes of at least 4 members (excludes halogenated alkanes) is 10. The molecule has 0 aliphatic carbocycles. The van der Waals surface area contributed by atoms with Crippen LogP contribution in [0.15, 0.2) is 12.3 Å². The van der Waals surface area contributed by atoms with E-state index in [1.165, 1.54) is 64.2 Å². The first-order valence-corrected chi connectivity index (χ1v) is 9.41. The van der Waals surface area contributed by atoms with Crippen molar-refractivity contribution in [3.05, 3.63) is 12.3 Å². The Hall–Kier alpha value is -0.990. The maximum atomic E-state index is 11.5. The molecule has 3 nitrogen and oxygen atoms in total. The van der Waals surface area contributed by atoms with Crippen LogP contribution in [0.25, 0.3) is 0 Å². The van der Waals surface area contributed by atoms with E-state index in [4.69, 9.17) is 4.74 Å². The van der Waals surface area contributed by atoms with Gasteiger partial charge in [-0.3, -0.25) is 4.90 Å². The van der Waals surface area contributed by atoms with Crippen molar-refractivity contribution in [2.45, 2.75) is 96.9 Å². The summed E-state index contributed by atoms with van der Waals surface area (Å²) in [6, 6.07) is 0.233. The molecule has 0 aromatic carbocycles. The van der Waals surface area contributed by atoms with Crippen molar-refractivity contribution in [2.75, 3.05) is 6.61 Å². The summed E-state index contributed by atoms with van der Waals surface area (Å²) in [6.45, 7) is 4.90. The number of rotatable bonds is 13. The molecule has 1 fully saturated rings. The quantitative estimate of drug-likeness (QED) is 0.388. The van der Waals surface area contributed by atoms with Gasteiger partial charge in [-0.15, -0.1) is 0 Å². The van der Waals surface area contributed by atoms with Crippen molar-refractivity contribution < 1.29 is 9.53 Å². The molecule has 1 amide bonds. The molecular weight excluding hydrogens is 274 g/mol. The predicted molar refractivity (Wildman–Crippen MR) is 92.9 cm³/mol. The summed E-state index contributed by atoms with van der Waals surface area (Å²) in [4.78, 5) is 13.3. The standard InChI is InChI=1S/C19H35NO2/c1-3-5-6-7-8-9-10-11-12-13-14-15-16-20-18(4-2)17-22-19(20)21/h15-16,18H,3-14,17H2,1-2H3/b16-15+/t18-/m1/s1. The highest BCUT2D eigenvalue weighted by atomic mass is 16.6. The van der Waals surface area contributed by atoms with Gasteiger partial charge in [-0.2, -0.15) is 0 Å². The number of hydrogen-bond donors (Lipinski definition) is 0. The second-order valence-electron chi connectivity index (χ2n) is 6.40. The summed E-state index contributed by atoms with van der Waals surface area (Å²) in [6.07, 6.45) is 19.5. The highest BCUT2D eigenvalue weighted by Gasteiger charge is 2.29. The number of allylic oxidation sites excluding steroid dienone is 1. The normalized spacial score (nSPS) is 18.4. The molecule has 3 heteroatoms. The predicted octanol–water partition coefficient (Wildman–Crippen LogP) is 6.04. The Morgan fingerprint density at radius 1 is 1.00 bits per heavy atom. The van der Waals surface area contributed by atoms with Crippen LogP contribution < -0.4 is 0 Å². The number of carbonyl (C=O) groups is 1. The maximum absolute atomic E-state index is 11.5. The van der Waals surface area contributed by atoms with Crippen molar-refractivity contribution in [2.24, 2.45) is 0 Å². The molecule has 1 saturated heterocycles. The van der Waals surface area contributed by atoms with Crippen LogP contribution in [-0.2, 0) is 4.74 Å². The Bertz CT molecular complexity index is 315. The number of hydrogen-bond acceptors (Lipinski definition) is 2. The highest BCUT2D eigenvalue weighted by molar-refractivity contribution is 5.71. The van der Waals surface area contributed by atoms with Crippen LogP contribution in [0.4, 0.5) is 4.79 Å². The molecule has 0 radical (unpaired) electrons. The van der Waals surface area contributed by atoms with Gasteiger partial charge in [-0.25, -0.2) is 4.79 Å². The number of cyclic esters (lactones) is 1. The average molecular weight is 309 g/mol. The Balaban J connectivity index is 1.92. The van der Waals surface area contributed by atoms with E-state index in [1.807, 2.05) is 6.20 Å². The number of amides is 1. The van der Waals surface area contributed by atoms with Gasteiger partial charge >= 0.3 is 6.09 Å². The number of nitrogens with zero attached hydrogens (tertiary/aromatic N) is 1. The Morgan fingerprint density at radius 3 is 2.18 bits per heavy atom. The topological polar surface area (TPSA) is 29.5 Å². The lowest BCUT2D eigenvalue weighted by Gasteiger charge is -2.14. The second kappa shape index (κ2) is 12.5. The highest BCUT2D eigenvalue weighted by Crippen LogP contribution is 2.16. The van der Waals surface area contributed by atoms with Crippen LogP contribution in [0, 0.1) is 0 Å². The van der Waals surface area contributed by atoms with Gasteiger partial charge in [-0.1, -0.05) is 77.7 Å². The van der Waals surface area contributed by atoms with E-state index in [1.54, 1.807) is 4.90 Å². The van der Waals surface area contributed by atoms with Crippen molar-refractivity contribution in [1.29, 1.82) is 0 Å². The smallest absolute Gasteiger partial charge is 0.414 e. The van der Waals surface area contributed by atoms with Gasteiger partial charge in [0, 0.05) is 6.20 Å². The average Bonchev–Trinajstić information content (AvgIpc) is 2.88. The zero-order valence-electron chi connectivity index (χ0n) is 14.7. The van der Waals surface area contributed by atoms with Gasteiger partial charge in [0.25, 0.3) is 0 Å². The molecule has 0 unspecified atom stereocenters. The molecule has 0 spiro atoms. The van der Waals surface area contributed by atoms with Crippen molar-refractivity contribution in [3.8, 4) is 0 Å². The van der Waals surface area contributed by atoms with Gasteiger partial charge in [0.05, 0.1) is 6.04 Å². The first-order chi connectivity index (χ1) is 10.8. The zero-order valence-corrected chi connectivity index (χ0v) is 14.7. The Morgan fingerprint density at radius 2 is 1.59 bits per heavy atom. The molecule has 22 heavy (non-hydrogen) atoms. The molecule has 1 heterocycles. The molecule has 1 aliphatic heterocycles. The van der Waals surface area contributed by atoms with Gasteiger partial charge in [0.15, 0.2) is 0 Å². The molecule has 0 bridgehead atoms. The molecule has 1 atom stereocenters. The van der Waals surface area contributed by atoms with Gasteiger partial charge in [-0.05, 0) is 19.3 Å². The summed E-state index contributed by atoms with van der Waals surface area (Å²) < 4.78 is 5.06. The fraction of sp³-hybridized carbons (Fsp3) is 0.842. The Labute approximate surface area is 137 Å². The number of carbonyl (C=O) groups excluding carboxylic acids is 1. The minimum absolute atomic E-state index is 0.189. The van der Waals surface area contributed by atoms with Crippen LogP contribution in [0.5, 0.6) is 0 Å². The molecule has 0 N–H and O–H groups in total. The molecule has 0 aromatic rings. The largest absolute Gasteiger partial charge is 0.447 e. The molecule has 128 valence electrons. The third-order valence-electron chi connectivity index (χ3n) is 4.47. The lowest BCUT2D eigenvalue weighted by atomic mass is 10.1. The minimum atomic E-state index is -0.189. The van der Waals surface area contributed by atoms with E-state index in [9.17, 15) is 4.79 Å². The minimum Gasteiger partial charge on any atom is -0.447 e. The lowest BCUT2D eigenvalue weighted by molar-refractivity contribution is 0.166. The van der Waals surface area contributed by atoms with Crippen molar-refractivity contribution in [1.82, 2.24) is 4.90 Å². The summed E-state index contributed by atoms with van der Waals surface area (Å²) >= 11 is 0. The maximum Gasteiger partial charge on any atom is 0.414 e. The van der Waals surface area contributed by atoms with Crippen LogP contribution in [0.1, 0.15) is 90.9 Å². The van der Waals surface area contributed by atoms with Gasteiger partial charge in [0.1, 0.15) is 6.61 Å². The summed E-state index contributed by atoms with van der Waals surface area (Å²) in [7, 11) is 0. The molecule has 0 saturated carbocycles. The van der Waals surface area contributed by atoms with Crippen LogP contribution in [0.2, 0.25) is 0 Å². The van der Waals surface area contributed by atoms with E-state index in [-0.39, 0.29) is 12.1 Å². The van der Waals surface area contributed by atoms with E-state index in [2.05, 4.69) is 19.9 Å².